The predicted molar refractivity (Wildman–Crippen MR) is 82.0 cm³/mol. The molecular weight excluding hydrogens is 296 g/mol. The molecule has 2 heterocycles. The lowest BCUT2D eigenvalue weighted by Gasteiger charge is -2.05. The van der Waals surface area contributed by atoms with E-state index in [9.17, 15) is 9.59 Å². The Morgan fingerprint density at radius 1 is 1.25 bits per heavy atom. The maximum absolute atomic E-state index is 12.4. The summed E-state index contributed by atoms with van der Waals surface area (Å²) < 4.78 is 1.21. The molecule has 0 amide bonds. The van der Waals surface area contributed by atoms with Crippen molar-refractivity contribution in [1.82, 2.24) is 9.55 Å². The number of fused-ring (bicyclic) bond motifs is 1. The molecule has 0 aliphatic carbocycles. The zero-order valence-corrected chi connectivity index (χ0v) is 12.2. The maximum Gasteiger partial charge on any atom is 0.329 e. The average molecular weight is 307 g/mol. The monoisotopic (exact) mass is 306 g/mol. The summed E-state index contributed by atoms with van der Waals surface area (Å²) in [6, 6.07) is 8.89. The average Bonchev–Trinajstić information content (AvgIpc) is 2.77. The van der Waals surface area contributed by atoms with Crippen LogP contribution < -0.4 is 11.2 Å². The Balaban J connectivity index is 2.13. The highest BCUT2D eigenvalue weighted by Gasteiger charge is 2.10. The molecule has 20 heavy (non-hydrogen) atoms. The summed E-state index contributed by atoms with van der Waals surface area (Å²) in [5, 5.41) is 1.18. The summed E-state index contributed by atoms with van der Waals surface area (Å²) >= 11 is 7.23. The van der Waals surface area contributed by atoms with Gasteiger partial charge in [-0.1, -0.05) is 23.7 Å². The van der Waals surface area contributed by atoms with Crippen LogP contribution in [-0.4, -0.2) is 9.55 Å². The van der Waals surface area contributed by atoms with Crippen LogP contribution in [-0.2, 0) is 6.54 Å². The number of hydrogen-bond acceptors (Lipinski definition) is 3. The van der Waals surface area contributed by atoms with Crippen molar-refractivity contribution >= 4 is 33.2 Å². The lowest BCUT2D eigenvalue weighted by atomic mass is 10.2. The van der Waals surface area contributed by atoms with Gasteiger partial charge in [-0.3, -0.25) is 14.3 Å². The van der Waals surface area contributed by atoms with Crippen LogP contribution in [0.3, 0.4) is 0 Å². The van der Waals surface area contributed by atoms with Gasteiger partial charge in [0.05, 0.1) is 11.9 Å². The summed E-state index contributed by atoms with van der Waals surface area (Å²) in [6.07, 6.45) is 0. The van der Waals surface area contributed by atoms with Crippen molar-refractivity contribution in [2.75, 3.05) is 0 Å². The smallest absolute Gasteiger partial charge is 0.298 e. The second kappa shape index (κ2) is 4.92. The van der Waals surface area contributed by atoms with Crippen LogP contribution in [0.2, 0.25) is 5.02 Å². The Morgan fingerprint density at radius 2 is 1.95 bits per heavy atom. The molecule has 2 aromatic heterocycles. The van der Waals surface area contributed by atoms with E-state index in [0.29, 0.717) is 15.2 Å². The molecule has 3 rings (SSSR count). The SMILES string of the molecule is Cc1cc2c(=O)n(Cc3ccc(Cl)cc3)c(=O)[nH]c2s1. The van der Waals surface area contributed by atoms with Crippen molar-refractivity contribution in [2.24, 2.45) is 0 Å². The second-order valence-electron chi connectivity index (χ2n) is 4.55. The first kappa shape index (κ1) is 13.1. The Labute approximate surface area is 123 Å². The first-order valence-corrected chi connectivity index (χ1v) is 7.22. The van der Waals surface area contributed by atoms with E-state index in [0.717, 1.165) is 10.4 Å². The Kier molecular flexibility index (Phi) is 3.23. The summed E-state index contributed by atoms with van der Waals surface area (Å²) in [6.45, 7) is 2.14. The molecule has 0 unspecified atom stereocenters. The van der Waals surface area contributed by atoms with Gasteiger partial charge < -0.3 is 0 Å². The van der Waals surface area contributed by atoms with E-state index in [-0.39, 0.29) is 17.8 Å². The number of aromatic nitrogens is 2. The topological polar surface area (TPSA) is 54.9 Å². The molecule has 1 N–H and O–H groups in total. The summed E-state index contributed by atoms with van der Waals surface area (Å²) in [5.41, 5.74) is 0.204. The summed E-state index contributed by atoms with van der Waals surface area (Å²) in [7, 11) is 0. The Hall–Kier alpha value is -1.85. The number of nitrogens with zero attached hydrogens (tertiary/aromatic N) is 1. The minimum Gasteiger partial charge on any atom is -0.298 e. The van der Waals surface area contributed by atoms with Gasteiger partial charge in [-0.25, -0.2) is 4.79 Å². The normalized spacial score (nSPS) is 11.1. The fourth-order valence-electron chi connectivity index (χ4n) is 2.08. The highest BCUT2D eigenvalue weighted by Crippen LogP contribution is 2.18. The molecule has 4 nitrogen and oxygen atoms in total. The quantitative estimate of drug-likeness (QED) is 0.791. The Bertz CT molecular complexity index is 890. The number of nitrogens with one attached hydrogen (secondary N) is 1. The molecule has 0 aliphatic rings. The number of aryl methyl sites for hydroxylation is 1. The van der Waals surface area contributed by atoms with Gasteiger partial charge in [0.15, 0.2) is 0 Å². The van der Waals surface area contributed by atoms with E-state index in [1.807, 2.05) is 6.92 Å². The number of benzene rings is 1. The van der Waals surface area contributed by atoms with Gasteiger partial charge in [0.1, 0.15) is 4.83 Å². The molecule has 1 aromatic carbocycles. The van der Waals surface area contributed by atoms with Crippen molar-refractivity contribution in [3.05, 3.63) is 66.6 Å². The lowest BCUT2D eigenvalue weighted by Crippen LogP contribution is -2.34. The van der Waals surface area contributed by atoms with E-state index >= 15 is 0 Å². The fourth-order valence-corrected chi connectivity index (χ4v) is 3.10. The van der Waals surface area contributed by atoms with E-state index in [4.69, 9.17) is 11.6 Å². The third-order valence-corrected chi connectivity index (χ3v) is 4.27. The summed E-state index contributed by atoms with van der Waals surface area (Å²) in [5.74, 6) is 0. The van der Waals surface area contributed by atoms with E-state index in [1.165, 1.54) is 15.9 Å². The van der Waals surface area contributed by atoms with Gasteiger partial charge in [0.2, 0.25) is 0 Å². The highest BCUT2D eigenvalue weighted by atomic mass is 35.5. The molecule has 0 bridgehead atoms. The molecule has 0 radical (unpaired) electrons. The van der Waals surface area contributed by atoms with Crippen LogP contribution in [0.1, 0.15) is 10.4 Å². The van der Waals surface area contributed by atoms with Crippen LogP contribution in [0.4, 0.5) is 0 Å². The van der Waals surface area contributed by atoms with Gasteiger partial charge in [0.25, 0.3) is 5.56 Å². The summed E-state index contributed by atoms with van der Waals surface area (Å²) in [4.78, 5) is 28.8. The largest absolute Gasteiger partial charge is 0.329 e. The minimum atomic E-state index is -0.390. The van der Waals surface area contributed by atoms with Crippen LogP contribution >= 0.6 is 22.9 Å². The van der Waals surface area contributed by atoms with Gasteiger partial charge >= 0.3 is 5.69 Å². The van der Waals surface area contributed by atoms with Gasteiger partial charge in [-0.05, 0) is 30.7 Å². The number of rotatable bonds is 2. The minimum absolute atomic E-state index is 0.232. The molecule has 0 aliphatic heterocycles. The number of H-pyrrole nitrogens is 1. The number of halogens is 1. The highest BCUT2D eigenvalue weighted by molar-refractivity contribution is 7.18. The molecule has 0 spiro atoms. The van der Waals surface area contributed by atoms with E-state index in [1.54, 1.807) is 30.3 Å². The first-order valence-electron chi connectivity index (χ1n) is 6.02. The maximum atomic E-state index is 12.4. The van der Waals surface area contributed by atoms with Crippen molar-refractivity contribution in [1.29, 1.82) is 0 Å². The van der Waals surface area contributed by atoms with Gasteiger partial charge in [-0.2, -0.15) is 0 Å². The molecule has 0 fully saturated rings. The predicted octanol–water partition coefficient (Wildman–Crippen LogP) is 2.76. The van der Waals surface area contributed by atoms with Crippen molar-refractivity contribution in [3.63, 3.8) is 0 Å². The van der Waals surface area contributed by atoms with E-state index < -0.39 is 0 Å². The van der Waals surface area contributed by atoms with Crippen molar-refractivity contribution in [3.8, 4) is 0 Å². The van der Waals surface area contributed by atoms with Crippen LogP contribution in [0.25, 0.3) is 10.2 Å². The fraction of sp³-hybridized carbons (Fsp3) is 0.143. The number of hydrogen-bond donors (Lipinski definition) is 1. The lowest BCUT2D eigenvalue weighted by molar-refractivity contribution is 0.713. The van der Waals surface area contributed by atoms with Crippen LogP contribution in [0.15, 0.2) is 39.9 Å². The number of aromatic amines is 1. The zero-order chi connectivity index (χ0) is 14.3. The van der Waals surface area contributed by atoms with Crippen molar-refractivity contribution < 1.29 is 0 Å². The second-order valence-corrected chi connectivity index (χ2v) is 6.24. The van der Waals surface area contributed by atoms with Gasteiger partial charge in [0, 0.05) is 9.90 Å². The third-order valence-electron chi connectivity index (χ3n) is 3.05. The first-order chi connectivity index (χ1) is 9.54. The van der Waals surface area contributed by atoms with E-state index in [2.05, 4.69) is 4.98 Å². The number of thiophene rings is 1. The molecule has 6 heteroatoms. The zero-order valence-electron chi connectivity index (χ0n) is 10.6. The van der Waals surface area contributed by atoms with Gasteiger partial charge in [-0.15, -0.1) is 11.3 Å². The third kappa shape index (κ3) is 2.30. The van der Waals surface area contributed by atoms with Crippen LogP contribution in [0, 0.1) is 6.92 Å². The molecule has 0 atom stereocenters. The molecule has 102 valence electrons. The van der Waals surface area contributed by atoms with Crippen LogP contribution in [0.5, 0.6) is 0 Å². The standard InChI is InChI=1S/C14H11ClN2O2S/c1-8-6-11-12(20-8)16-14(19)17(13(11)18)7-9-2-4-10(15)5-3-9/h2-6H,7H2,1H3,(H,16,19). The van der Waals surface area contributed by atoms with Crippen molar-refractivity contribution in [2.45, 2.75) is 13.5 Å². The molecule has 0 saturated carbocycles. The Morgan fingerprint density at radius 3 is 2.65 bits per heavy atom. The molecule has 0 saturated heterocycles. The molecular formula is C14H11ClN2O2S. The molecule has 3 aromatic rings.